The Morgan fingerprint density at radius 3 is 2.59 bits per heavy atom. The van der Waals surface area contributed by atoms with Crippen molar-refractivity contribution in [1.29, 1.82) is 0 Å². The van der Waals surface area contributed by atoms with Crippen LogP contribution in [0.1, 0.15) is 15.9 Å². The molecule has 3 rings (SSSR count). The van der Waals surface area contributed by atoms with Crippen LogP contribution in [0.5, 0.6) is 0 Å². The van der Waals surface area contributed by atoms with E-state index in [1.54, 1.807) is 36.3 Å². The number of thioether (sulfide) groups is 1. The lowest BCUT2D eigenvalue weighted by atomic mass is 10.1. The first-order valence-electron chi connectivity index (χ1n) is 6.60. The summed E-state index contributed by atoms with van der Waals surface area (Å²) in [6.45, 7) is 0. The molecule has 0 bridgehead atoms. The Labute approximate surface area is 131 Å². The summed E-state index contributed by atoms with van der Waals surface area (Å²) >= 11 is 1.56. The molecule has 1 aromatic carbocycles. The Balaban J connectivity index is 1.60. The molecule has 3 aromatic rings. The van der Waals surface area contributed by atoms with Crippen molar-refractivity contribution in [3.05, 3.63) is 66.2 Å². The van der Waals surface area contributed by atoms with Crippen LogP contribution in [0.3, 0.4) is 0 Å². The Morgan fingerprint density at radius 1 is 1.14 bits per heavy atom. The number of carbonyl (C=O) groups excluding carboxylic acids is 1. The average molecular weight is 311 g/mol. The van der Waals surface area contributed by atoms with Gasteiger partial charge in [0.05, 0.1) is 0 Å². The molecule has 2 aromatic heterocycles. The van der Waals surface area contributed by atoms with Crippen molar-refractivity contribution < 1.29 is 4.79 Å². The first-order valence-corrected chi connectivity index (χ1v) is 7.58. The lowest BCUT2D eigenvalue weighted by Gasteiger charge is -2.05. The smallest absolute Gasteiger partial charge is 0.255 e. The number of benzene rings is 1. The van der Waals surface area contributed by atoms with Crippen LogP contribution < -0.4 is 5.32 Å². The highest BCUT2D eigenvalue weighted by Gasteiger charge is 2.06. The minimum atomic E-state index is -0.138. The minimum absolute atomic E-state index is 0.138. The van der Waals surface area contributed by atoms with E-state index in [0.717, 1.165) is 22.2 Å². The monoisotopic (exact) mass is 311 g/mol. The number of aromatic amines is 1. The second-order valence-electron chi connectivity index (χ2n) is 4.47. The third-order valence-electron chi connectivity index (χ3n) is 2.92. The van der Waals surface area contributed by atoms with Crippen LogP contribution in [-0.2, 0) is 5.75 Å². The van der Waals surface area contributed by atoms with Gasteiger partial charge in [-0.1, -0.05) is 23.9 Å². The van der Waals surface area contributed by atoms with Crippen molar-refractivity contribution in [3.63, 3.8) is 0 Å². The van der Waals surface area contributed by atoms with E-state index in [2.05, 4.69) is 25.5 Å². The van der Waals surface area contributed by atoms with Gasteiger partial charge in [-0.3, -0.25) is 14.9 Å². The van der Waals surface area contributed by atoms with Gasteiger partial charge >= 0.3 is 0 Å². The van der Waals surface area contributed by atoms with Gasteiger partial charge < -0.3 is 5.32 Å². The number of anilines is 1. The van der Waals surface area contributed by atoms with Crippen molar-refractivity contribution in [3.8, 4) is 0 Å². The molecule has 0 spiro atoms. The molecule has 0 radical (unpaired) electrons. The number of carbonyl (C=O) groups is 1. The van der Waals surface area contributed by atoms with Crippen LogP contribution in [0.4, 0.5) is 5.69 Å². The third-order valence-corrected chi connectivity index (χ3v) is 3.87. The van der Waals surface area contributed by atoms with Crippen LogP contribution in [0, 0.1) is 0 Å². The van der Waals surface area contributed by atoms with Gasteiger partial charge in [0.15, 0.2) is 5.16 Å². The fourth-order valence-electron chi connectivity index (χ4n) is 1.81. The molecule has 2 heterocycles. The molecular weight excluding hydrogens is 298 g/mol. The maximum absolute atomic E-state index is 12.1. The van der Waals surface area contributed by atoms with Gasteiger partial charge in [-0.15, -0.1) is 0 Å². The van der Waals surface area contributed by atoms with Gasteiger partial charge in [-0.25, -0.2) is 4.98 Å². The summed E-state index contributed by atoms with van der Waals surface area (Å²) in [5.41, 5.74) is 2.46. The number of aromatic nitrogens is 4. The average Bonchev–Trinajstić information content (AvgIpc) is 3.08. The summed E-state index contributed by atoms with van der Waals surface area (Å²) in [6, 6.07) is 11.0. The van der Waals surface area contributed by atoms with Crippen molar-refractivity contribution in [1.82, 2.24) is 20.2 Å². The SMILES string of the molecule is O=C(Nc1ccncc1)c1ccc(CSc2ncn[nH]2)cc1. The highest BCUT2D eigenvalue weighted by Crippen LogP contribution is 2.18. The summed E-state index contributed by atoms with van der Waals surface area (Å²) in [5, 5.41) is 10.2. The van der Waals surface area contributed by atoms with E-state index in [9.17, 15) is 4.79 Å². The van der Waals surface area contributed by atoms with Crippen molar-refractivity contribution in [2.75, 3.05) is 5.32 Å². The number of nitrogens with zero attached hydrogens (tertiary/aromatic N) is 3. The van der Waals surface area contributed by atoms with Gasteiger partial charge in [0.25, 0.3) is 5.91 Å². The second kappa shape index (κ2) is 6.86. The Morgan fingerprint density at radius 2 is 1.91 bits per heavy atom. The fourth-order valence-corrected chi connectivity index (χ4v) is 2.54. The van der Waals surface area contributed by atoms with E-state index in [1.807, 2.05) is 24.3 Å². The van der Waals surface area contributed by atoms with E-state index in [-0.39, 0.29) is 5.91 Å². The van der Waals surface area contributed by atoms with E-state index < -0.39 is 0 Å². The van der Waals surface area contributed by atoms with E-state index >= 15 is 0 Å². The van der Waals surface area contributed by atoms with Crippen LogP contribution >= 0.6 is 11.8 Å². The topological polar surface area (TPSA) is 83.6 Å². The molecule has 1 amide bonds. The van der Waals surface area contributed by atoms with Crippen LogP contribution in [0.2, 0.25) is 0 Å². The Hall–Kier alpha value is -2.67. The molecule has 2 N–H and O–H groups in total. The largest absolute Gasteiger partial charge is 0.322 e. The second-order valence-corrected chi connectivity index (χ2v) is 5.43. The zero-order valence-electron chi connectivity index (χ0n) is 11.6. The summed E-state index contributed by atoms with van der Waals surface area (Å²) in [5.74, 6) is 0.627. The normalized spacial score (nSPS) is 10.4. The van der Waals surface area contributed by atoms with Crippen LogP contribution in [0.15, 0.2) is 60.3 Å². The first-order chi connectivity index (χ1) is 10.8. The molecule has 0 aliphatic heterocycles. The first kappa shape index (κ1) is 14.3. The number of H-pyrrole nitrogens is 1. The van der Waals surface area contributed by atoms with Crippen molar-refractivity contribution >= 4 is 23.4 Å². The summed E-state index contributed by atoms with van der Waals surface area (Å²) < 4.78 is 0. The van der Waals surface area contributed by atoms with Gasteiger partial charge in [-0.2, -0.15) is 5.10 Å². The van der Waals surface area contributed by atoms with Gasteiger partial charge in [0, 0.05) is 29.4 Å². The van der Waals surface area contributed by atoms with Crippen LogP contribution in [0.25, 0.3) is 0 Å². The lowest BCUT2D eigenvalue weighted by molar-refractivity contribution is 0.102. The molecule has 0 saturated carbocycles. The predicted molar refractivity (Wildman–Crippen MR) is 84.6 cm³/mol. The highest BCUT2D eigenvalue weighted by molar-refractivity contribution is 7.98. The Kier molecular flexibility index (Phi) is 4.45. The summed E-state index contributed by atoms with van der Waals surface area (Å²) in [7, 11) is 0. The molecule has 0 atom stereocenters. The number of rotatable bonds is 5. The molecule has 0 aliphatic carbocycles. The molecule has 110 valence electrons. The molecule has 0 unspecified atom stereocenters. The lowest BCUT2D eigenvalue weighted by Crippen LogP contribution is -2.11. The number of nitrogens with one attached hydrogen (secondary N) is 2. The van der Waals surface area contributed by atoms with E-state index in [4.69, 9.17) is 0 Å². The number of hydrogen-bond donors (Lipinski definition) is 2. The standard InChI is InChI=1S/C15H13N5OS/c21-14(19-13-5-7-16-8-6-13)12-3-1-11(2-4-12)9-22-15-17-10-18-20-15/h1-8,10H,9H2,(H,16,19,21)(H,17,18,20). The molecule has 6 nitrogen and oxygen atoms in total. The van der Waals surface area contributed by atoms with E-state index in [1.165, 1.54) is 6.33 Å². The summed E-state index contributed by atoms with van der Waals surface area (Å²) in [6.07, 6.45) is 4.76. The van der Waals surface area contributed by atoms with Gasteiger partial charge in [-0.05, 0) is 29.8 Å². The van der Waals surface area contributed by atoms with Gasteiger partial charge in [0.2, 0.25) is 0 Å². The molecule has 0 fully saturated rings. The molecule has 7 heteroatoms. The maximum Gasteiger partial charge on any atom is 0.255 e. The van der Waals surface area contributed by atoms with Crippen molar-refractivity contribution in [2.45, 2.75) is 10.9 Å². The fraction of sp³-hybridized carbons (Fsp3) is 0.0667. The molecule has 22 heavy (non-hydrogen) atoms. The zero-order chi connectivity index (χ0) is 15.2. The third kappa shape index (κ3) is 3.70. The number of amides is 1. The maximum atomic E-state index is 12.1. The number of hydrogen-bond acceptors (Lipinski definition) is 5. The van der Waals surface area contributed by atoms with Crippen LogP contribution in [-0.4, -0.2) is 26.1 Å². The molecule has 0 saturated heterocycles. The quantitative estimate of drug-likeness (QED) is 0.708. The van der Waals surface area contributed by atoms with Gasteiger partial charge in [0.1, 0.15) is 6.33 Å². The zero-order valence-corrected chi connectivity index (χ0v) is 12.4. The van der Waals surface area contributed by atoms with E-state index in [0.29, 0.717) is 5.56 Å². The molecule has 0 aliphatic rings. The number of pyridine rings is 1. The predicted octanol–water partition coefficient (Wildman–Crippen LogP) is 2.74. The highest BCUT2D eigenvalue weighted by atomic mass is 32.2. The summed E-state index contributed by atoms with van der Waals surface area (Å²) in [4.78, 5) is 20.1. The van der Waals surface area contributed by atoms with Crippen molar-refractivity contribution in [2.24, 2.45) is 0 Å². The minimum Gasteiger partial charge on any atom is -0.322 e. The molecular formula is C15H13N5OS. The Bertz CT molecular complexity index is 728.